The highest BCUT2D eigenvalue weighted by atomic mass is 32.2. The Morgan fingerprint density at radius 1 is 1.00 bits per heavy atom. The Bertz CT molecular complexity index is 1080. The molecule has 0 saturated heterocycles. The van der Waals surface area contributed by atoms with Crippen molar-refractivity contribution in [2.75, 3.05) is 10.6 Å². The van der Waals surface area contributed by atoms with Crippen LogP contribution in [-0.4, -0.2) is 26.6 Å². The van der Waals surface area contributed by atoms with Gasteiger partial charge in [-0.25, -0.2) is 8.42 Å². The van der Waals surface area contributed by atoms with E-state index in [9.17, 15) is 13.2 Å². The molecule has 0 aromatic heterocycles. The van der Waals surface area contributed by atoms with Gasteiger partial charge in [-0.15, -0.1) is 0 Å². The molecule has 1 N–H and O–H groups in total. The van der Waals surface area contributed by atoms with Crippen molar-refractivity contribution in [1.29, 1.82) is 0 Å². The summed E-state index contributed by atoms with van der Waals surface area (Å²) in [4.78, 5) is 13.4. The van der Waals surface area contributed by atoms with Gasteiger partial charge in [-0.2, -0.15) is 0 Å². The number of amides is 1. The van der Waals surface area contributed by atoms with Crippen LogP contribution in [0, 0.1) is 13.8 Å². The average molecular weight is 457 g/mol. The van der Waals surface area contributed by atoms with Gasteiger partial charge in [0.25, 0.3) is 0 Å². The number of rotatable bonds is 8. The summed E-state index contributed by atoms with van der Waals surface area (Å²) in [6, 6.07) is 11.3. The molecule has 5 nitrogen and oxygen atoms in total. The van der Waals surface area contributed by atoms with Crippen molar-refractivity contribution in [2.24, 2.45) is 0 Å². The van der Waals surface area contributed by atoms with E-state index in [0.717, 1.165) is 36.0 Å². The third-order valence-electron chi connectivity index (χ3n) is 6.43. The Kier molecular flexibility index (Phi) is 7.65. The van der Waals surface area contributed by atoms with E-state index in [0.29, 0.717) is 12.1 Å². The van der Waals surface area contributed by atoms with Crippen LogP contribution in [0.3, 0.4) is 0 Å². The minimum Gasteiger partial charge on any atom is -0.347 e. The summed E-state index contributed by atoms with van der Waals surface area (Å²) < 4.78 is 27.0. The van der Waals surface area contributed by atoms with Gasteiger partial charge in [0, 0.05) is 0 Å². The lowest BCUT2D eigenvalue weighted by Gasteiger charge is -2.32. The summed E-state index contributed by atoms with van der Waals surface area (Å²) in [6.07, 6.45) is 6.94. The van der Waals surface area contributed by atoms with Crippen molar-refractivity contribution >= 4 is 21.6 Å². The van der Waals surface area contributed by atoms with Gasteiger partial charge in [0.15, 0.2) is 0 Å². The van der Waals surface area contributed by atoms with Crippen molar-refractivity contribution in [3.8, 4) is 0 Å². The Labute approximate surface area is 193 Å². The SMILES string of the molecule is CC[C@H](NC(=O)[C@@H](CC)N(c1cc(C)ccc1C)S(C)(=O)=O)c1ccc2c(c1)CCCC2. The standard InChI is InChI=1S/C26H36N2O3S/c1-6-23(22-15-14-20-10-8-9-11-21(20)17-22)27-26(29)24(7-2)28(32(5,30)31)25-16-18(3)12-13-19(25)4/h12-17,23-24H,6-11H2,1-5H3,(H,27,29)/t23-,24+/m0/s1. The minimum atomic E-state index is -3.66. The second-order valence-corrected chi connectivity index (χ2v) is 10.8. The highest BCUT2D eigenvalue weighted by Crippen LogP contribution is 2.29. The molecule has 0 radical (unpaired) electrons. The zero-order valence-corrected chi connectivity index (χ0v) is 20.8. The molecule has 6 heteroatoms. The first-order valence-electron chi connectivity index (χ1n) is 11.6. The van der Waals surface area contributed by atoms with Gasteiger partial charge in [-0.1, -0.05) is 44.2 Å². The molecule has 0 aliphatic heterocycles. The maximum absolute atomic E-state index is 13.4. The van der Waals surface area contributed by atoms with E-state index in [1.807, 2.05) is 45.9 Å². The number of sulfonamides is 1. The highest BCUT2D eigenvalue weighted by molar-refractivity contribution is 7.92. The molecule has 3 rings (SSSR count). The first-order chi connectivity index (χ1) is 15.2. The van der Waals surface area contributed by atoms with E-state index >= 15 is 0 Å². The molecule has 0 heterocycles. The fourth-order valence-electron chi connectivity index (χ4n) is 4.65. The maximum atomic E-state index is 13.4. The third kappa shape index (κ3) is 5.34. The van der Waals surface area contributed by atoms with Gasteiger partial charge in [-0.05, 0) is 86.3 Å². The summed E-state index contributed by atoms with van der Waals surface area (Å²) in [6.45, 7) is 7.70. The van der Waals surface area contributed by atoms with Gasteiger partial charge in [0.2, 0.25) is 15.9 Å². The largest absolute Gasteiger partial charge is 0.347 e. The Balaban J connectivity index is 1.91. The number of hydrogen-bond acceptors (Lipinski definition) is 3. The maximum Gasteiger partial charge on any atom is 0.244 e. The molecule has 2 aromatic carbocycles. The van der Waals surface area contributed by atoms with Crippen molar-refractivity contribution in [3.63, 3.8) is 0 Å². The van der Waals surface area contributed by atoms with Crippen molar-refractivity contribution in [3.05, 3.63) is 64.2 Å². The van der Waals surface area contributed by atoms with E-state index in [2.05, 4.69) is 23.5 Å². The van der Waals surface area contributed by atoms with E-state index < -0.39 is 16.1 Å². The Morgan fingerprint density at radius 3 is 2.31 bits per heavy atom. The van der Waals surface area contributed by atoms with Crippen molar-refractivity contribution < 1.29 is 13.2 Å². The van der Waals surface area contributed by atoms with Crippen LogP contribution in [0.2, 0.25) is 0 Å². The molecule has 1 aliphatic rings. The normalized spacial score (nSPS) is 15.5. The average Bonchev–Trinajstić information content (AvgIpc) is 2.76. The number of nitrogens with one attached hydrogen (secondary N) is 1. The number of carbonyl (C=O) groups is 1. The monoisotopic (exact) mass is 456 g/mol. The lowest BCUT2D eigenvalue weighted by atomic mass is 9.88. The first kappa shape index (κ1) is 24.3. The van der Waals surface area contributed by atoms with Gasteiger partial charge < -0.3 is 5.32 Å². The van der Waals surface area contributed by atoms with Crippen LogP contribution < -0.4 is 9.62 Å². The van der Waals surface area contributed by atoms with Crippen LogP contribution in [0.15, 0.2) is 36.4 Å². The summed E-state index contributed by atoms with van der Waals surface area (Å²) in [5, 5.41) is 3.15. The highest BCUT2D eigenvalue weighted by Gasteiger charge is 2.33. The summed E-state index contributed by atoms with van der Waals surface area (Å²) in [7, 11) is -3.66. The zero-order chi connectivity index (χ0) is 23.5. The van der Waals surface area contributed by atoms with Crippen molar-refractivity contribution in [2.45, 2.75) is 78.3 Å². The number of fused-ring (bicyclic) bond motifs is 1. The molecular formula is C26H36N2O3S. The van der Waals surface area contributed by atoms with E-state index in [1.165, 1.54) is 34.5 Å². The quantitative estimate of drug-likeness (QED) is 0.608. The molecule has 0 unspecified atom stereocenters. The first-order valence-corrected chi connectivity index (χ1v) is 13.5. The number of anilines is 1. The van der Waals surface area contributed by atoms with E-state index in [-0.39, 0.29) is 11.9 Å². The fourth-order valence-corrected chi connectivity index (χ4v) is 5.91. The summed E-state index contributed by atoms with van der Waals surface area (Å²) in [5.41, 5.74) is 6.22. The lowest BCUT2D eigenvalue weighted by molar-refractivity contribution is -0.123. The molecule has 1 amide bonds. The van der Waals surface area contributed by atoms with Crippen molar-refractivity contribution in [1.82, 2.24) is 5.32 Å². The molecule has 0 spiro atoms. The van der Waals surface area contributed by atoms with Gasteiger partial charge in [-0.3, -0.25) is 9.10 Å². The van der Waals surface area contributed by atoms with Gasteiger partial charge in [0.05, 0.1) is 18.0 Å². The number of carbonyl (C=O) groups excluding carboxylic acids is 1. The molecule has 2 atom stereocenters. The smallest absolute Gasteiger partial charge is 0.244 e. The predicted octanol–water partition coefficient (Wildman–Crippen LogP) is 4.99. The Hall–Kier alpha value is -2.34. The van der Waals surface area contributed by atoms with E-state index in [1.54, 1.807) is 0 Å². The van der Waals surface area contributed by atoms with Crippen LogP contribution in [0.25, 0.3) is 0 Å². The van der Waals surface area contributed by atoms with Crippen LogP contribution in [0.1, 0.15) is 73.4 Å². The topological polar surface area (TPSA) is 66.5 Å². The molecule has 2 aromatic rings. The molecule has 0 bridgehead atoms. The second-order valence-electron chi connectivity index (χ2n) is 8.98. The van der Waals surface area contributed by atoms with Crippen LogP contribution >= 0.6 is 0 Å². The molecule has 0 saturated carbocycles. The van der Waals surface area contributed by atoms with Gasteiger partial charge in [0.1, 0.15) is 6.04 Å². The van der Waals surface area contributed by atoms with Crippen LogP contribution in [0.5, 0.6) is 0 Å². The van der Waals surface area contributed by atoms with Crippen LogP contribution in [0.4, 0.5) is 5.69 Å². The fraction of sp³-hybridized carbons (Fsp3) is 0.500. The minimum absolute atomic E-state index is 0.149. The zero-order valence-electron chi connectivity index (χ0n) is 19.9. The third-order valence-corrected chi connectivity index (χ3v) is 7.60. The molecule has 0 fully saturated rings. The second kappa shape index (κ2) is 10.1. The molecule has 32 heavy (non-hydrogen) atoms. The number of benzene rings is 2. The van der Waals surface area contributed by atoms with E-state index in [4.69, 9.17) is 0 Å². The predicted molar refractivity (Wildman–Crippen MR) is 132 cm³/mol. The number of nitrogens with zero attached hydrogens (tertiary/aromatic N) is 1. The molecule has 174 valence electrons. The lowest BCUT2D eigenvalue weighted by Crippen LogP contribution is -2.50. The summed E-state index contributed by atoms with van der Waals surface area (Å²) in [5.74, 6) is -0.261. The van der Waals surface area contributed by atoms with Crippen LogP contribution in [-0.2, 0) is 27.7 Å². The number of hydrogen-bond donors (Lipinski definition) is 1. The van der Waals surface area contributed by atoms with Gasteiger partial charge >= 0.3 is 0 Å². The molecular weight excluding hydrogens is 420 g/mol. The summed E-state index contributed by atoms with van der Waals surface area (Å²) >= 11 is 0. The Morgan fingerprint density at radius 2 is 1.69 bits per heavy atom. The molecule has 1 aliphatic carbocycles. The number of aryl methyl sites for hydroxylation is 4.